The van der Waals surface area contributed by atoms with Gasteiger partial charge in [0.15, 0.2) is 25.2 Å². The molecule has 0 aliphatic carbocycles. The third-order valence-electron chi connectivity index (χ3n) is 7.82. The zero-order valence-electron chi connectivity index (χ0n) is 22.5. The van der Waals surface area contributed by atoms with Crippen LogP contribution in [-0.4, -0.2) is 210 Å². The fraction of sp³-hybridized carbons (Fsp3) is 1.00. The van der Waals surface area contributed by atoms with Gasteiger partial charge < -0.3 is 99.5 Å². The number of aliphatic hydroxyl groups excluding tert-OH is 13. The fourth-order valence-electron chi connectivity index (χ4n) is 5.11. The predicted molar refractivity (Wildman–Crippen MR) is 128 cm³/mol. The molecule has 0 radical (unpaired) electrons. The lowest BCUT2D eigenvalue weighted by atomic mass is 9.97. The predicted octanol–water partition coefficient (Wildman–Crippen LogP) is -9.11. The van der Waals surface area contributed by atoms with E-state index < -0.39 is 143 Å². The third kappa shape index (κ3) is 7.29. The maximum atomic E-state index is 10.9. The summed E-state index contributed by atoms with van der Waals surface area (Å²) >= 11 is 0. The van der Waals surface area contributed by atoms with Gasteiger partial charge in [-0.25, -0.2) is 0 Å². The Morgan fingerprint density at radius 2 is 0.814 bits per heavy atom. The van der Waals surface area contributed by atoms with Gasteiger partial charge in [-0.2, -0.15) is 0 Å². The van der Waals surface area contributed by atoms with Crippen LogP contribution in [0.3, 0.4) is 0 Å². The zero-order valence-corrected chi connectivity index (χ0v) is 22.5. The summed E-state index contributed by atoms with van der Waals surface area (Å²) < 4.78 is 37.8. The van der Waals surface area contributed by atoms with Gasteiger partial charge >= 0.3 is 0 Å². The molecule has 0 aromatic heterocycles. The van der Waals surface area contributed by atoms with E-state index in [1.54, 1.807) is 0 Å². The molecular formula is C23H40O20. The van der Waals surface area contributed by atoms with Crippen molar-refractivity contribution in [3.05, 3.63) is 0 Å². The number of ether oxygens (including phenoxy) is 7. The highest BCUT2D eigenvalue weighted by Gasteiger charge is 2.52. The van der Waals surface area contributed by atoms with Crippen LogP contribution in [0.2, 0.25) is 0 Å². The topological polar surface area (TPSA) is 328 Å². The molecule has 4 heterocycles. The van der Waals surface area contributed by atoms with Crippen LogP contribution >= 0.6 is 0 Å². The van der Waals surface area contributed by atoms with Crippen LogP contribution in [0.1, 0.15) is 0 Å². The normalized spacial score (nSPS) is 52.8. The first-order chi connectivity index (χ1) is 20.3. The van der Waals surface area contributed by atoms with Crippen molar-refractivity contribution in [1.82, 2.24) is 0 Å². The van der Waals surface area contributed by atoms with Crippen LogP contribution in [0.5, 0.6) is 0 Å². The standard InChI is InChI=1S/C23H40O20/c24-1-5-9(26)14(31)18(35)21(40-5)37-4-8-12(29)15(32)19(43-22-17(34)10(27)6(2-25)41-22)23(42-8)38-3-7-11(28)13(30)16(33)20(36)39-7/h5-36H,1-4H2/t5-,6+,7-,8-,9+,10+,11+,12+,13+,14+,15+,16-,17-,18-,19-,20?,21-,22+,23-/m1/s1. The van der Waals surface area contributed by atoms with Crippen LogP contribution in [-0.2, 0) is 33.2 Å². The second-order valence-electron chi connectivity index (χ2n) is 10.7. The molecule has 4 aliphatic rings. The summed E-state index contributed by atoms with van der Waals surface area (Å²) in [5.41, 5.74) is 0. The molecule has 19 atom stereocenters. The smallest absolute Gasteiger partial charge is 0.187 e. The van der Waals surface area contributed by atoms with E-state index in [9.17, 15) is 66.4 Å². The highest BCUT2D eigenvalue weighted by Crippen LogP contribution is 2.32. The highest BCUT2D eigenvalue weighted by atomic mass is 16.8. The Labute approximate surface area is 243 Å². The van der Waals surface area contributed by atoms with Gasteiger partial charge in [0.25, 0.3) is 0 Å². The molecule has 4 rings (SSSR count). The Hall–Kier alpha value is -0.800. The van der Waals surface area contributed by atoms with Gasteiger partial charge in [-0.05, 0) is 0 Å². The molecule has 4 fully saturated rings. The SMILES string of the molecule is OC[C@@H]1O[C@@H](O[C@H]2[C@H](OC[C@H]3OC(O)[C@H](O)[C@@H](O)[C@H]3O)O[C@H](CO[C@@H]3O[C@H](CO)[C@H](O)[C@H](O)[C@H]3O)[C@H](O)[C@@H]2O)[C@H](O)[C@H]1O. The van der Waals surface area contributed by atoms with Gasteiger partial charge in [0.2, 0.25) is 0 Å². The van der Waals surface area contributed by atoms with E-state index in [4.69, 9.17) is 33.2 Å². The van der Waals surface area contributed by atoms with Crippen LogP contribution < -0.4 is 0 Å². The second-order valence-corrected chi connectivity index (χ2v) is 10.7. The highest BCUT2D eigenvalue weighted by molar-refractivity contribution is 4.95. The van der Waals surface area contributed by atoms with Gasteiger partial charge in [-0.3, -0.25) is 0 Å². The van der Waals surface area contributed by atoms with Crippen LogP contribution in [0.25, 0.3) is 0 Å². The van der Waals surface area contributed by atoms with Gasteiger partial charge in [0.05, 0.1) is 26.4 Å². The molecule has 4 aliphatic heterocycles. The molecule has 0 saturated carbocycles. The average molecular weight is 637 g/mol. The Kier molecular flexibility index (Phi) is 12.0. The lowest BCUT2D eigenvalue weighted by Gasteiger charge is -2.45. The molecule has 20 nitrogen and oxygen atoms in total. The van der Waals surface area contributed by atoms with E-state index in [1.807, 2.05) is 0 Å². The molecule has 252 valence electrons. The lowest BCUT2D eigenvalue weighted by molar-refractivity contribution is -0.358. The number of rotatable bonds is 10. The molecule has 13 N–H and O–H groups in total. The minimum Gasteiger partial charge on any atom is -0.394 e. The molecule has 0 bridgehead atoms. The maximum Gasteiger partial charge on any atom is 0.187 e. The van der Waals surface area contributed by atoms with Gasteiger partial charge in [-0.15, -0.1) is 0 Å². The summed E-state index contributed by atoms with van der Waals surface area (Å²) in [7, 11) is 0. The summed E-state index contributed by atoms with van der Waals surface area (Å²) in [6, 6.07) is 0. The summed E-state index contributed by atoms with van der Waals surface area (Å²) in [5.74, 6) is 0. The molecular weight excluding hydrogens is 596 g/mol. The van der Waals surface area contributed by atoms with Gasteiger partial charge in [0, 0.05) is 0 Å². The molecule has 0 amide bonds. The Bertz CT molecular complexity index is 869. The minimum absolute atomic E-state index is 0.659. The molecule has 43 heavy (non-hydrogen) atoms. The summed E-state index contributed by atoms with van der Waals surface area (Å²) in [6.07, 6.45) is -31.8. The van der Waals surface area contributed by atoms with Gasteiger partial charge in [0.1, 0.15) is 91.6 Å². The fourth-order valence-corrected chi connectivity index (χ4v) is 5.11. The van der Waals surface area contributed by atoms with Crippen molar-refractivity contribution in [2.45, 2.75) is 117 Å². The van der Waals surface area contributed by atoms with E-state index in [0.29, 0.717) is 0 Å². The molecule has 0 aromatic rings. The first kappa shape index (κ1) is 35.1. The molecule has 0 spiro atoms. The largest absolute Gasteiger partial charge is 0.394 e. The Balaban J connectivity index is 1.47. The average Bonchev–Trinajstić information content (AvgIpc) is 3.27. The van der Waals surface area contributed by atoms with Crippen molar-refractivity contribution in [2.75, 3.05) is 26.4 Å². The number of hydrogen-bond acceptors (Lipinski definition) is 20. The van der Waals surface area contributed by atoms with Crippen molar-refractivity contribution >= 4 is 0 Å². The summed E-state index contributed by atoms with van der Waals surface area (Å²) in [6.45, 7) is -2.77. The zero-order chi connectivity index (χ0) is 31.7. The molecule has 0 aromatic carbocycles. The number of aliphatic hydroxyl groups is 13. The quantitative estimate of drug-likeness (QED) is 0.106. The Morgan fingerprint density at radius 1 is 0.395 bits per heavy atom. The van der Waals surface area contributed by atoms with Crippen LogP contribution in [0.15, 0.2) is 0 Å². The van der Waals surface area contributed by atoms with E-state index in [2.05, 4.69) is 0 Å². The van der Waals surface area contributed by atoms with E-state index in [0.717, 1.165) is 0 Å². The van der Waals surface area contributed by atoms with Crippen LogP contribution in [0.4, 0.5) is 0 Å². The van der Waals surface area contributed by atoms with E-state index in [1.165, 1.54) is 0 Å². The van der Waals surface area contributed by atoms with Crippen molar-refractivity contribution in [3.63, 3.8) is 0 Å². The first-order valence-electron chi connectivity index (χ1n) is 13.5. The van der Waals surface area contributed by atoms with Crippen molar-refractivity contribution in [3.8, 4) is 0 Å². The number of hydrogen-bond donors (Lipinski definition) is 13. The van der Waals surface area contributed by atoms with E-state index >= 15 is 0 Å². The first-order valence-corrected chi connectivity index (χ1v) is 13.5. The molecule has 1 unspecified atom stereocenters. The summed E-state index contributed by atoms with van der Waals surface area (Å²) in [5, 5.41) is 131. The van der Waals surface area contributed by atoms with Crippen LogP contribution in [0, 0.1) is 0 Å². The van der Waals surface area contributed by atoms with E-state index in [-0.39, 0.29) is 0 Å². The summed E-state index contributed by atoms with van der Waals surface area (Å²) in [4.78, 5) is 0. The minimum atomic E-state index is -1.91. The van der Waals surface area contributed by atoms with Crippen molar-refractivity contribution in [1.29, 1.82) is 0 Å². The lowest BCUT2D eigenvalue weighted by Crippen LogP contribution is -2.63. The van der Waals surface area contributed by atoms with Crippen molar-refractivity contribution < 1.29 is 99.5 Å². The van der Waals surface area contributed by atoms with Crippen molar-refractivity contribution in [2.24, 2.45) is 0 Å². The van der Waals surface area contributed by atoms with Gasteiger partial charge in [-0.1, -0.05) is 0 Å². The molecule has 20 heteroatoms. The third-order valence-corrected chi connectivity index (χ3v) is 7.82. The monoisotopic (exact) mass is 636 g/mol. The Morgan fingerprint density at radius 3 is 1.42 bits per heavy atom. The maximum absolute atomic E-state index is 10.9. The second kappa shape index (κ2) is 14.7. The molecule has 4 saturated heterocycles.